The fraction of sp³-hybridized carbons (Fsp3) is 0.222. The van der Waals surface area contributed by atoms with Gasteiger partial charge >= 0.3 is 0 Å². The van der Waals surface area contributed by atoms with Gasteiger partial charge in [0.15, 0.2) is 0 Å². The van der Waals surface area contributed by atoms with E-state index in [1.165, 1.54) is 0 Å². The zero-order valence-corrected chi connectivity index (χ0v) is 7.60. The lowest BCUT2D eigenvalue weighted by Crippen LogP contribution is -1.92. The molecule has 0 aliphatic carbocycles. The summed E-state index contributed by atoms with van der Waals surface area (Å²) in [5.74, 6) is 1.35. The SMILES string of the molecule is [CH2]COc1ccc(OC)c(Cl)c1. The Kier molecular flexibility index (Phi) is 3.23. The summed E-state index contributed by atoms with van der Waals surface area (Å²) in [6, 6.07) is 5.24. The largest absolute Gasteiger partial charge is 0.495 e. The zero-order chi connectivity index (χ0) is 8.97. The fourth-order valence-electron chi connectivity index (χ4n) is 0.855. The maximum atomic E-state index is 5.84. The van der Waals surface area contributed by atoms with Gasteiger partial charge in [-0.05, 0) is 19.1 Å². The molecule has 0 saturated heterocycles. The van der Waals surface area contributed by atoms with Crippen LogP contribution in [0, 0.1) is 6.92 Å². The van der Waals surface area contributed by atoms with Gasteiger partial charge in [0.25, 0.3) is 0 Å². The first kappa shape index (κ1) is 9.20. The molecule has 65 valence electrons. The normalized spacial score (nSPS) is 9.58. The minimum Gasteiger partial charge on any atom is -0.495 e. The van der Waals surface area contributed by atoms with E-state index >= 15 is 0 Å². The van der Waals surface area contributed by atoms with E-state index in [0.29, 0.717) is 23.1 Å². The Labute approximate surface area is 77.1 Å². The molecule has 0 amide bonds. The first-order valence-electron chi connectivity index (χ1n) is 3.53. The number of hydrogen-bond acceptors (Lipinski definition) is 2. The molecule has 1 aromatic carbocycles. The van der Waals surface area contributed by atoms with E-state index in [1.54, 1.807) is 25.3 Å². The molecular weight excluding hydrogens is 176 g/mol. The van der Waals surface area contributed by atoms with Crippen molar-refractivity contribution in [2.24, 2.45) is 0 Å². The predicted molar refractivity (Wildman–Crippen MR) is 48.9 cm³/mol. The molecule has 0 aliphatic rings. The van der Waals surface area contributed by atoms with Crippen molar-refractivity contribution in [3.8, 4) is 11.5 Å². The van der Waals surface area contributed by atoms with Crippen LogP contribution in [0.15, 0.2) is 18.2 Å². The van der Waals surface area contributed by atoms with Crippen LogP contribution >= 0.6 is 11.6 Å². The van der Waals surface area contributed by atoms with Crippen LogP contribution in [0.3, 0.4) is 0 Å². The van der Waals surface area contributed by atoms with Crippen molar-refractivity contribution in [1.29, 1.82) is 0 Å². The summed E-state index contributed by atoms with van der Waals surface area (Å²) in [7, 11) is 1.57. The Morgan fingerprint density at radius 1 is 1.50 bits per heavy atom. The Hall–Kier alpha value is -0.890. The van der Waals surface area contributed by atoms with Crippen LogP contribution in [0.2, 0.25) is 5.02 Å². The highest BCUT2D eigenvalue weighted by atomic mass is 35.5. The minimum atomic E-state index is 0.392. The van der Waals surface area contributed by atoms with Crippen LogP contribution in [-0.2, 0) is 0 Å². The highest BCUT2D eigenvalue weighted by Gasteiger charge is 2.00. The molecule has 0 fully saturated rings. The van der Waals surface area contributed by atoms with Crippen LogP contribution in [0.25, 0.3) is 0 Å². The van der Waals surface area contributed by atoms with Gasteiger partial charge in [-0.15, -0.1) is 0 Å². The van der Waals surface area contributed by atoms with Crippen LogP contribution in [-0.4, -0.2) is 13.7 Å². The maximum absolute atomic E-state index is 5.84. The predicted octanol–water partition coefficient (Wildman–Crippen LogP) is 2.56. The van der Waals surface area contributed by atoms with E-state index in [2.05, 4.69) is 6.92 Å². The summed E-state index contributed by atoms with van der Waals surface area (Å²) >= 11 is 5.84. The van der Waals surface area contributed by atoms with Crippen molar-refractivity contribution in [3.63, 3.8) is 0 Å². The molecule has 0 aromatic heterocycles. The Morgan fingerprint density at radius 3 is 2.75 bits per heavy atom. The number of rotatable bonds is 3. The van der Waals surface area contributed by atoms with Crippen LogP contribution in [0.4, 0.5) is 0 Å². The van der Waals surface area contributed by atoms with Gasteiger partial charge in [0.05, 0.1) is 18.7 Å². The van der Waals surface area contributed by atoms with Gasteiger partial charge in [-0.25, -0.2) is 0 Å². The lowest BCUT2D eigenvalue weighted by Gasteiger charge is -2.05. The van der Waals surface area contributed by atoms with Crippen LogP contribution < -0.4 is 9.47 Å². The molecule has 2 nitrogen and oxygen atoms in total. The summed E-state index contributed by atoms with van der Waals surface area (Å²) in [4.78, 5) is 0. The molecule has 0 N–H and O–H groups in total. The molecule has 1 radical (unpaired) electrons. The summed E-state index contributed by atoms with van der Waals surface area (Å²) < 4.78 is 10.1. The number of benzene rings is 1. The van der Waals surface area contributed by atoms with Gasteiger partial charge < -0.3 is 9.47 Å². The second-order valence-corrected chi connectivity index (χ2v) is 2.55. The van der Waals surface area contributed by atoms with Gasteiger partial charge in [0, 0.05) is 6.07 Å². The summed E-state index contributed by atoms with van der Waals surface area (Å²) in [6.07, 6.45) is 0. The van der Waals surface area contributed by atoms with E-state index in [-0.39, 0.29) is 0 Å². The summed E-state index contributed by atoms with van der Waals surface area (Å²) in [5, 5.41) is 0.545. The van der Waals surface area contributed by atoms with Crippen molar-refractivity contribution in [2.45, 2.75) is 0 Å². The number of methoxy groups -OCH3 is 1. The van der Waals surface area contributed by atoms with Gasteiger partial charge in [0.1, 0.15) is 11.5 Å². The zero-order valence-electron chi connectivity index (χ0n) is 6.84. The topological polar surface area (TPSA) is 18.5 Å². The molecule has 1 rings (SSSR count). The van der Waals surface area contributed by atoms with Crippen molar-refractivity contribution in [1.82, 2.24) is 0 Å². The Bertz CT molecular complexity index is 261. The summed E-state index contributed by atoms with van der Waals surface area (Å²) in [6.45, 7) is 3.95. The van der Waals surface area contributed by atoms with Gasteiger partial charge in [-0.3, -0.25) is 0 Å². The molecule has 1 aromatic rings. The molecule has 0 bridgehead atoms. The molecule has 0 saturated carbocycles. The standard InChI is InChI=1S/C9H10ClO2/c1-3-12-7-4-5-9(11-2)8(10)6-7/h4-6H,1,3H2,2H3. The van der Waals surface area contributed by atoms with Crippen LogP contribution in [0.5, 0.6) is 11.5 Å². The van der Waals surface area contributed by atoms with Crippen molar-refractivity contribution in [2.75, 3.05) is 13.7 Å². The van der Waals surface area contributed by atoms with E-state index in [4.69, 9.17) is 21.1 Å². The number of ether oxygens (including phenoxy) is 2. The Balaban J connectivity index is 2.86. The average molecular weight is 186 g/mol. The highest BCUT2D eigenvalue weighted by molar-refractivity contribution is 6.32. The molecule has 3 heteroatoms. The van der Waals surface area contributed by atoms with Gasteiger partial charge in [-0.1, -0.05) is 11.6 Å². The van der Waals surface area contributed by atoms with E-state index < -0.39 is 0 Å². The number of halogens is 1. The molecule has 0 heterocycles. The fourth-order valence-corrected chi connectivity index (χ4v) is 1.10. The van der Waals surface area contributed by atoms with Gasteiger partial charge in [0.2, 0.25) is 0 Å². The third-order valence-electron chi connectivity index (χ3n) is 1.39. The van der Waals surface area contributed by atoms with E-state index in [9.17, 15) is 0 Å². The summed E-state index contributed by atoms with van der Waals surface area (Å²) in [5.41, 5.74) is 0. The van der Waals surface area contributed by atoms with E-state index in [1.807, 2.05) is 0 Å². The lowest BCUT2D eigenvalue weighted by atomic mass is 10.3. The minimum absolute atomic E-state index is 0.392. The number of hydrogen-bond donors (Lipinski definition) is 0. The Morgan fingerprint density at radius 2 is 2.25 bits per heavy atom. The molecule has 0 aliphatic heterocycles. The molecule has 12 heavy (non-hydrogen) atoms. The molecule has 0 atom stereocenters. The third-order valence-corrected chi connectivity index (χ3v) is 1.69. The van der Waals surface area contributed by atoms with Crippen molar-refractivity contribution >= 4 is 11.6 Å². The van der Waals surface area contributed by atoms with Crippen molar-refractivity contribution in [3.05, 3.63) is 30.1 Å². The second-order valence-electron chi connectivity index (χ2n) is 2.14. The second kappa shape index (κ2) is 4.21. The average Bonchev–Trinajstić information content (AvgIpc) is 2.05. The molecule has 0 spiro atoms. The first-order chi connectivity index (χ1) is 5.77. The lowest BCUT2D eigenvalue weighted by molar-refractivity contribution is 0.359. The van der Waals surface area contributed by atoms with E-state index in [0.717, 1.165) is 0 Å². The monoisotopic (exact) mass is 185 g/mol. The van der Waals surface area contributed by atoms with Gasteiger partial charge in [-0.2, -0.15) is 0 Å². The molecular formula is C9H10ClO2. The van der Waals surface area contributed by atoms with Crippen molar-refractivity contribution < 1.29 is 9.47 Å². The third kappa shape index (κ3) is 2.05. The first-order valence-corrected chi connectivity index (χ1v) is 3.91. The van der Waals surface area contributed by atoms with Crippen LogP contribution in [0.1, 0.15) is 0 Å². The maximum Gasteiger partial charge on any atom is 0.137 e. The highest BCUT2D eigenvalue weighted by Crippen LogP contribution is 2.28. The molecule has 0 unspecified atom stereocenters. The smallest absolute Gasteiger partial charge is 0.137 e. The quantitative estimate of drug-likeness (QED) is 0.721.